The van der Waals surface area contributed by atoms with E-state index in [9.17, 15) is 14.0 Å². The monoisotopic (exact) mass is 493 g/mol. The van der Waals surface area contributed by atoms with Crippen LogP contribution in [-0.2, 0) is 6.54 Å². The van der Waals surface area contributed by atoms with Gasteiger partial charge in [-0.15, -0.1) is 0 Å². The van der Waals surface area contributed by atoms with E-state index >= 15 is 0 Å². The topological polar surface area (TPSA) is 70.8 Å². The molecule has 1 saturated heterocycles. The number of nitrogens with zero attached hydrogens (tertiary/aromatic N) is 5. The molecule has 1 aliphatic heterocycles. The number of amides is 1. The Balaban J connectivity index is 1.21. The Hall–Kier alpha value is -4.43. The third-order valence-corrected chi connectivity index (χ3v) is 6.76. The predicted octanol–water partition coefficient (Wildman–Crippen LogP) is 4.01. The average Bonchev–Trinajstić information content (AvgIpc) is 2.93. The van der Waals surface area contributed by atoms with Crippen LogP contribution < -0.4 is 5.56 Å². The summed E-state index contributed by atoms with van der Waals surface area (Å²) in [6.07, 6.45) is 1.71. The molecule has 2 aromatic carbocycles. The minimum Gasteiger partial charge on any atom is -0.336 e. The lowest BCUT2D eigenvalue weighted by atomic mass is 10.0. The quantitative estimate of drug-likeness (QED) is 0.379. The number of para-hydroxylation sites is 1. The lowest BCUT2D eigenvalue weighted by molar-refractivity contribution is 0.0629. The molecular weight excluding hydrogens is 469 g/mol. The molecule has 184 valence electrons. The van der Waals surface area contributed by atoms with E-state index in [1.54, 1.807) is 36.5 Å². The number of hydrogen-bond donors (Lipinski definition) is 0. The highest BCUT2D eigenvalue weighted by atomic mass is 19.1. The van der Waals surface area contributed by atoms with Gasteiger partial charge in [-0.25, -0.2) is 14.4 Å². The summed E-state index contributed by atoms with van der Waals surface area (Å²) in [5.74, 6) is -0.369. The number of hydrogen-bond acceptors (Lipinski definition) is 5. The van der Waals surface area contributed by atoms with Gasteiger partial charge in [0.15, 0.2) is 0 Å². The maximum Gasteiger partial charge on any atom is 0.258 e. The first kappa shape index (κ1) is 23.0. The summed E-state index contributed by atoms with van der Waals surface area (Å²) in [6, 6.07) is 22.6. The summed E-state index contributed by atoms with van der Waals surface area (Å²) < 4.78 is 15.0. The lowest BCUT2D eigenvalue weighted by Gasteiger charge is -2.34. The van der Waals surface area contributed by atoms with E-state index in [2.05, 4.69) is 9.88 Å². The van der Waals surface area contributed by atoms with E-state index in [0.29, 0.717) is 49.6 Å². The Kier molecular flexibility index (Phi) is 5.94. The molecule has 0 spiro atoms. The second-order valence-electron chi connectivity index (χ2n) is 9.16. The number of rotatable bonds is 4. The molecule has 0 saturated carbocycles. The molecule has 3 aromatic heterocycles. The third-order valence-electron chi connectivity index (χ3n) is 6.76. The molecule has 4 heterocycles. The molecule has 0 atom stereocenters. The van der Waals surface area contributed by atoms with Gasteiger partial charge in [0.1, 0.15) is 11.5 Å². The van der Waals surface area contributed by atoms with Gasteiger partial charge in [-0.2, -0.15) is 0 Å². The zero-order valence-corrected chi connectivity index (χ0v) is 20.0. The fraction of sp³-hybridized carbons (Fsp3) is 0.172. The first-order valence-electron chi connectivity index (χ1n) is 12.2. The van der Waals surface area contributed by atoms with Crippen LogP contribution in [0.15, 0.2) is 89.9 Å². The minimum atomic E-state index is -0.317. The van der Waals surface area contributed by atoms with Crippen molar-refractivity contribution in [2.75, 3.05) is 26.2 Å². The fourth-order valence-corrected chi connectivity index (χ4v) is 4.81. The van der Waals surface area contributed by atoms with Crippen molar-refractivity contribution < 1.29 is 9.18 Å². The van der Waals surface area contributed by atoms with Crippen LogP contribution >= 0.6 is 0 Å². The first-order chi connectivity index (χ1) is 18.0. The van der Waals surface area contributed by atoms with Gasteiger partial charge in [-0.3, -0.25) is 18.9 Å². The second-order valence-corrected chi connectivity index (χ2v) is 9.16. The molecule has 1 amide bonds. The summed E-state index contributed by atoms with van der Waals surface area (Å²) >= 11 is 0. The van der Waals surface area contributed by atoms with Crippen molar-refractivity contribution in [3.8, 4) is 11.3 Å². The molecule has 0 radical (unpaired) electrons. The summed E-state index contributed by atoms with van der Waals surface area (Å²) in [5.41, 5.74) is 3.94. The number of carbonyl (C=O) groups is 1. The average molecular weight is 494 g/mol. The van der Waals surface area contributed by atoms with Crippen LogP contribution in [0.3, 0.4) is 0 Å². The van der Waals surface area contributed by atoms with Crippen molar-refractivity contribution in [1.82, 2.24) is 24.2 Å². The molecular formula is C29H24FN5O2. The van der Waals surface area contributed by atoms with Crippen molar-refractivity contribution >= 4 is 22.5 Å². The van der Waals surface area contributed by atoms with Crippen LogP contribution in [-0.4, -0.2) is 56.3 Å². The van der Waals surface area contributed by atoms with Crippen molar-refractivity contribution in [3.05, 3.63) is 112 Å². The number of pyridine rings is 2. The van der Waals surface area contributed by atoms with E-state index < -0.39 is 0 Å². The smallest absolute Gasteiger partial charge is 0.258 e. The summed E-state index contributed by atoms with van der Waals surface area (Å²) in [6.45, 7) is 3.03. The van der Waals surface area contributed by atoms with E-state index in [-0.39, 0.29) is 17.3 Å². The molecule has 6 rings (SSSR count). The maximum absolute atomic E-state index is 13.7. The Morgan fingerprint density at radius 3 is 2.43 bits per heavy atom. The van der Waals surface area contributed by atoms with Gasteiger partial charge in [0.2, 0.25) is 0 Å². The van der Waals surface area contributed by atoms with E-state index in [0.717, 1.165) is 22.2 Å². The van der Waals surface area contributed by atoms with Crippen LogP contribution in [0.4, 0.5) is 4.39 Å². The molecule has 0 N–H and O–H groups in total. The predicted molar refractivity (Wildman–Crippen MR) is 140 cm³/mol. The summed E-state index contributed by atoms with van der Waals surface area (Å²) in [5, 5.41) is 0.793. The zero-order chi connectivity index (χ0) is 25.4. The van der Waals surface area contributed by atoms with Gasteiger partial charge >= 0.3 is 0 Å². The molecule has 7 nitrogen and oxygen atoms in total. The van der Waals surface area contributed by atoms with Gasteiger partial charge < -0.3 is 4.90 Å². The van der Waals surface area contributed by atoms with Crippen LogP contribution in [0.2, 0.25) is 0 Å². The Morgan fingerprint density at radius 1 is 0.865 bits per heavy atom. The normalized spacial score (nSPS) is 14.4. The first-order valence-corrected chi connectivity index (χ1v) is 12.2. The Labute approximate surface area is 212 Å². The van der Waals surface area contributed by atoms with Gasteiger partial charge in [-0.1, -0.05) is 24.3 Å². The van der Waals surface area contributed by atoms with Crippen LogP contribution in [0.25, 0.3) is 27.8 Å². The lowest BCUT2D eigenvalue weighted by Crippen LogP contribution is -2.48. The van der Waals surface area contributed by atoms with Gasteiger partial charge in [0, 0.05) is 55.9 Å². The van der Waals surface area contributed by atoms with Crippen LogP contribution in [0.1, 0.15) is 16.1 Å². The molecule has 0 unspecified atom stereocenters. The van der Waals surface area contributed by atoms with E-state index in [1.807, 2.05) is 41.3 Å². The number of carbonyl (C=O) groups excluding carboxylic acids is 1. The Bertz CT molecular complexity index is 1670. The minimum absolute atomic E-state index is 0.0521. The summed E-state index contributed by atoms with van der Waals surface area (Å²) in [4.78, 5) is 39.5. The third kappa shape index (κ3) is 4.59. The molecule has 0 bridgehead atoms. The highest BCUT2D eigenvalue weighted by Crippen LogP contribution is 2.26. The summed E-state index contributed by atoms with van der Waals surface area (Å²) in [7, 11) is 0. The number of fused-ring (bicyclic) bond motifs is 2. The highest BCUT2D eigenvalue weighted by molar-refractivity contribution is 6.07. The SMILES string of the molecule is O=C(c1cc(-c2ccc(F)cc2)nc2ccccc12)N1CCN(Cc2cc(=O)n3ccccc3n2)CC1. The maximum atomic E-state index is 13.7. The fourth-order valence-electron chi connectivity index (χ4n) is 4.81. The van der Waals surface area contributed by atoms with Crippen molar-refractivity contribution in [2.45, 2.75) is 6.54 Å². The molecule has 5 aromatic rings. The van der Waals surface area contributed by atoms with Gasteiger partial charge in [-0.05, 0) is 48.5 Å². The number of aromatic nitrogens is 3. The standard InChI is InChI=1S/C29H24FN5O2/c30-21-10-8-20(9-11-21)26-18-24(23-5-1-2-6-25(23)32-26)29(37)34-15-13-33(14-16-34)19-22-17-28(36)35-12-4-3-7-27(35)31-22/h1-12,17-18H,13-16,19H2. The van der Waals surface area contributed by atoms with E-state index in [4.69, 9.17) is 4.98 Å². The van der Waals surface area contributed by atoms with Crippen molar-refractivity contribution in [3.63, 3.8) is 0 Å². The molecule has 1 aliphatic rings. The van der Waals surface area contributed by atoms with Gasteiger partial charge in [0.05, 0.1) is 22.5 Å². The largest absolute Gasteiger partial charge is 0.336 e. The van der Waals surface area contributed by atoms with E-state index in [1.165, 1.54) is 16.5 Å². The van der Waals surface area contributed by atoms with Crippen molar-refractivity contribution in [1.29, 1.82) is 0 Å². The Morgan fingerprint density at radius 2 is 1.62 bits per heavy atom. The van der Waals surface area contributed by atoms with Crippen molar-refractivity contribution in [2.24, 2.45) is 0 Å². The zero-order valence-electron chi connectivity index (χ0n) is 20.0. The number of piperazine rings is 1. The molecule has 8 heteroatoms. The second kappa shape index (κ2) is 9.55. The highest BCUT2D eigenvalue weighted by Gasteiger charge is 2.25. The molecule has 37 heavy (non-hydrogen) atoms. The molecule has 1 fully saturated rings. The molecule has 0 aliphatic carbocycles. The number of halogens is 1. The number of benzene rings is 2. The van der Waals surface area contributed by atoms with Crippen LogP contribution in [0, 0.1) is 5.82 Å². The van der Waals surface area contributed by atoms with Crippen LogP contribution in [0.5, 0.6) is 0 Å². The van der Waals surface area contributed by atoms with Gasteiger partial charge in [0.25, 0.3) is 11.5 Å².